The number of aliphatic carboxylic acids is 1. The summed E-state index contributed by atoms with van der Waals surface area (Å²) in [6.07, 6.45) is 6.74. The molecule has 0 spiro atoms. The Balaban J connectivity index is 1.37. The van der Waals surface area contributed by atoms with Crippen LogP contribution in [0.4, 0.5) is 0 Å². The molecule has 0 atom stereocenters. The number of benzene rings is 2. The predicted molar refractivity (Wildman–Crippen MR) is 122 cm³/mol. The Hall–Kier alpha value is -2.66. The molecule has 1 aliphatic rings. The van der Waals surface area contributed by atoms with E-state index in [-0.39, 0.29) is 6.42 Å². The molecular formula is C26H33NO4. The summed E-state index contributed by atoms with van der Waals surface area (Å²) in [7, 11) is 1.56. The normalized spacial score (nSPS) is 19.2. The molecule has 31 heavy (non-hydrogen) atoms. The number of hydrogen-bond acceptors (Lipinski definition) is 4. The molecule has 0 radical (unpaired) electrons. The Morgan fingerprint density at radius 3 is 2.26 bits per heavy atom. The van der Waals surface area contributed by atoms with Crippen molar-refractivity contribution in [3.8, 4) is 0 Å². The van der Waals surface area contributed by atoms with Crippen molar-refractivity contribution >= 4 is 11.7 Å². The Bertz CT molecular complexity index is 824. The van der Waals surface area contributed by atoms with Crippen LogP contribution in [0.3, 0.4) is 0 Å². The van der Waals surface area contributed by atoms with E-state index in [1.54, 1.807) is 7.11 Å². The highest BCUT2D eigenvalue weighted by atomic mass is 16.6. The molecule has 5 heteroatoms. The average molecular weight is 424 g/mol. The van der Waals surface area contributed by atoms with Crippen LogP contribution in [0.25, 0.3) is 0 Å². The van der Waals surface area contributed by atoms with Gasteiger partial charge in [-0.3, -0.25) is 4.79 Å². The predicted octanol–water partition coefficient (Wildman–Crippen LogP) is 5.12. The number of carboxylic acid groups (broad SMARTS) is 1. The van der Waals surface area contributed by atoms with E-state index in [0.717, 1.165) is 35.8 Å². The molecule has 1 N–H and O–H groups in total. The lowest BCUT2D eigenvalue weighted by molar-refractivity contribution is -0.136. The fourth-order valence-corrected chi connectivity index (χ4v) is 4.25. The number of nitrogens with zero attached hydrogens (tertiary/aromatic N) is 1. The third-order valence-electron chi connectivity index (χ3n) is 6.04. The number of ether oxygens (including phenoxy) is 1. The molecule has 2 aromatic rings. The van der Waals surface area contributed by atoms with Crippen LogP contribution in [0.2, 0.25) is 0 Å². The molecule has 1 aliphatic carbocycles. The van der Waals surface area contributed by atoms with E-state index in [1.807, 2.05) is 30.3 Å². The van der Waals surface area contributed by atoms with Gasteiger partial charge in [-0.1, -0.05) is 59.8 Å². The Labute approximate surface area is 185 Å². The minimum Gasteiger partial charge on any atom is -0.481 e. The molecule has 0 bridgehead atoms. The van der Waals surface area contributed by atoms with Crippen molar-refractivity contribution in [2.45, 2.75) is 44.9 Å². The summed E-state index contributed by atoms with van der Waals surface area (Å²) >= 11 is 0. The summed E-state index contributed by atoms with van der Waals surface area (Å²) < 4.78 is 6.00. The molecule has 0 amide bonds. The molecule has 1 saturated carbocycles. The zero-order valence-corrected chi connectivity index (χ0v) is 18.3. The van der Waals surface area contributed by atoms with Gasteiger partial charge in [0.2, 0.25) is 0 Å². The molecule has 3 rings (SSSR count). The van der Waals surface area contributed by atoms with Crippen LogP contribution in [0.5, 0.6) is 0 Å². The minimum absolute atomic E-state index is 0.190. The zero-order valence-electron chi connectivity index (χ0n) is 18.3. The van der Waals surface area contributed by atoms with Crippen molar-refractivity contribution in [3.63, 3.8) is 0 Å². The summed E-state index contributed by atoms with van der Waals surface area (Å²) in [5, 5.41) is 12.9. The monoisotopic (exact) mass is 423 g/mol. The first-order valence-corrected chi connectivity index (χ1v) is 11.2. The lowest BCUT2D eigenvalue weighted by Crippen LogP contribution is -2.22. The average Bonchev–Trinajstić information content (AvgIpc) is 2.80. The van der Waals surface area contributed by atoms with E-state index in [1.165, 1.54) is 31.2 Å². The molecule has 2 aromatic carbocycles. The van der Waals surface area contributed by atoms with Crippen LogP contribution in [-0.4, -0.2) is 37.1 Å². The molecule has 1 fully saturated rings. The third kappa shape index (κ3) is 7.83. The molecule has 0 unspecified atom stereocenters. The van der Waals surface area contributed by atoms with E-state index < -0.39 is 5.97 Å². The molecule has 0 aromatic heterocycles. The van der Waals surface area contributed by atoms with Gasteiger partial charge in [-0.05, 0) is 61.5 Å². The van der Waals surface area contributed by atoms with E-state index >= 15 is 0 Å². The van der Waals surface area contributed by atoms with Crippen LogP contribution in [-0.2, 0) is 27.2 Å². The molecule has 166 valence electrons. The summed E-state index contributed by atoms with van der Waals surface area (Å²) in [6, 6.07) is 18.5. The van der Waals surface area contributed by atoms with Crippen LogP contribution < -0.4 is 0 Å². The van der Waals surface area contributed by atoms with E-state index in [4.69, 9.17) is 14.7 Å². The molecule has 0 aliphatic heterocycles. The smallest absolute Gasteiger partial charge is 0.303 e. The number of aryl methyl sites for hydroxylation is 1. The quantitative estimate of drug-likeness (QED) is 0.402. The second-order valence-corrected chi connectivity index (χ2v) is 8.40. The van der Waals surface area contributed by atoms with Crippen molar-refractivity contribution in [3.05, 3.63) is 71.3 Å². The fourth-order valence-electron chi connectivity index (χ4n) is 4.25. The highest BCUT2D eigenvalue weighted by Gasteiger charge is 2.22. The third-order valence-corrected chi connectivity index (χ3v) is 6.04. The Morgan fingerprint density at radius 2 is 1.61 bits per heavy atom. The first-order chi connectivity index (χ1) is 15.1. The first kappa shape index (κ1) is 23.0. The second kappa shape index (κ2) is 12.3. The largest absolute Gasteiger partial charge is 0.481 e. The number of oxime groups is 1. The summed E-state index contributed by atoms with van der Waals surface area (Å²) in [5.41, 5.74) is 4.30. The van der Waals surface area contributed by atoms with Crippen LogP contribution >= 0.6 is 0 Å². The van der Waals surface area contributed by atoms with Crippen molar-refractivity contribution in [2.75, 3.05) is 20.3 Å². The number of carbonyl (C=O) groups is 1. The minimum atomic E-state index is -0.743. The fraction of sp³-hybridized carbons (Fsp3) is 0.462. The van der Waals surface area contributed by atoms with Crippen molar-refractivity contribution in [1.29, 1.82) is 0 Å². The lowest BCUT2D eigenvalue weighted by Gasteiger charge is -2.28. The van der Waals surface area contributed by atoms with Gasteiger partial charge in [0.05, 0.1) is 6.61 Å². The highest BCUT2D eigenvalue weighted by molar-refractivity contribution is 6.01. The number of rotatable bonds is 11. The topological polar surface area (TPSA) is 68.1 Å². The SMILES string of the molecule is CO/N=C(\COCC1CCC(Cc2ccc(CCC(=O)O)cc2)CC1)c1ccccc1. The molecule has 5 nitrogen and oxygen atoms in total. The second-order valence-electron chi connectivity index (χ2n) is 8.40. The van der Waals surface area contributed by atoms with Gasteiger partial charge >= 0.3 is 5.97 Å². The summed E-state index contributed by atoms with van der Waals surface area (Å²) in [4.78, 5) is 15.7. The van der Waals surface area contributed by atoms with Crippen molar-refractivity contribution in [1.82, 2.24) is 0 Å². The first-order valence-electron chi connectivity index (χ1n) is 11.2. The zero-order chi connectivity index (χ0) is 21.9. The van der Waals surface area contributed by atoms with Gasteiger partial charge in [0.15, 0.2) is 0 Å². The van der Waals surface area contributed by atoms with Gasteiger partial charge in [-0.2, -0.15) is 0 Å². The maximum Gasteiger partial charge on any atom is 0.303 e. The van der Waals surface area contributed by atoms with Gasteiger partial charge in [-0.15, -0.1) is 0 Å². The molecular weight excluding hydrogens is 390 g/mol. The van der Waals surface area contributed by atoms with E-state index in [9.17, 15) is 4.79 Å². The van der Waals surface area contributed by atoms with Crippen molar-refractivity contribution in [2.24, 2.45) is 17.0 Å². The Kier molecular flexibility index (Phi) is 9.10. The van der Waals surface area contributed by atoms with Gasteiger partial charge in [0.25, 0.3) is 0 Å². The van der Waals surface area contributed by atoms with Crippen LogP contribution in [0.15, 0.2) is 59.8 Å². The van der Waals surface area contributed by atoms with Crippen LogP contribution in [0.1, 0.15) is 48.8 Å². The summed E-state index contributed by atoms with van der Waals surface area (Å²) in [5.74, 6) is 0.581. The lowest BCUT2D eigenvalue weighted by atomic mass is 9.79. The van der Waals surface area contributed by atoms with Gasteiger partial charge in [0, 0.05) is 18.6 Å². The maximum atomic E-state index is 10.7. The number of hydrogen-bond donors (Lipinski definition) is 1. The van der Waals surface area contributed by atoms with Gasteiger partial charge < -0.3 is 14.7 Å². The van der Waals surface area contributed by atoms with Gasteiger partial charge in [0.1, 0.15) is 12.8 Å². The summed E-state index contributed by atoms with van der Waals surface area (Å²) in [6.45, 7) is 1.23. The molecule has 0 heterocycles. The van der Waals surface area contributed by atoms with Crippen LogP contribution in [0, 0.1) is 11.8 Å². The molecule has 0 saturated heterocycles. The maximum absolute atomic E-state index is 10.7. The van der Waals surface area contributed by atoms with E-state index in [2.05, 4.69) is 29.4 Å². The standard InChI is InChI=1S/C26H33NO4/c1-30-27-25(24-5-3-2-4-6-24)19-31-18-23-13-11-22(12-14-23)17-21-9-7-20(8-10-21)15-16-26(28)29/h2-10,22-23H,11-19H2,1H3,(H,28,29)/b27-25+. The highest BCUT2D eigenvalue weighted by Crippen LogP contribution is 2.31. The van der Waals surface area contributed by atoms with Gasteiger partial charge in [-0.25, -0.2) is 0 Å². The number of carboxylic acids is 1. The Morgan fingerprint density at radius 1 is 0.968 bits per heavy atom. The van der Waals surface area contributed by atoms with Crippen molar-refractivity contribution < 1.29 is 19.5 Å². The van der Waals surface area contributed by atoms with E-state index in [0.29, 0.717) is 18.9 Å².